The highest BCUT2D eigenvalue weighted by Gasteiger charge is 2.32. The first-order valence-electron chi connectivity index (χ1n) is 6.87. The lowest BCUT2D eigenvalue weighted by molar-refractivity contribution is -0.146. The number of alkyl halides is 4. The van der Waals surface area contributed by atoms with Crippen LogP contribution >= 0.6 is 11.6 Å². The number of aryl methyl sites for hydroxylation is 2. The third kappa shape index (κ3) is 4.23. The van der Waals surface area contributed by atoms with E-state index in [4.69, 9.17) is 11.6 Å². The molecule has 0 saturated carbocycles. The largest absolute Gasteiger partial charge is 0.401 e. The molecule has 0 amide bonds. The number of halogens is 4. The number of hydrogen-bond acceptors (Lipinski definition) is 3. The summed E-state index contributed by atoms with van der Waals surface area (Å²) in [4.78, 5) is 7.99. The van der Waals surface area contributed by atoms with Gasteiger partial charge in [0.2, 0.25) is 0 Å². The van der Waals surface area contributed by atoms with Gasteiger partial charge in [-0.2, -0.15) is 13.2 Å². The van der Waals surface area contributed by atoms with Crippen molar-refractivity contribution in [1.82, 2.24) is 9.88 Å². The Morgan fingerprint density at radius 2 is 1.81 bits per heavy atom. The van der Waals surface area contributed by atoms with Crippen LogP contribution in [0.1, 0.15) is 16.8 Å². The van der Waals surface area contributed by atoms with E-state index in [1.165, 1.54) is 4.90 Å². The number of aromatic nitrogens is 1. The molecule has 2 heterocycles. The molecule has 0 spiro atoms. The zero-order chi connectivity index (χ0) is 15.6. The van der Waals surface area contributed by atoms with E-state index < -0.39 is 12.7 Å². The monoisotopic (exact) mass is 321 g/mol. The zero-order valence-corrected chi connectivity index (χ0v) is 12.9. The average molecular weight is 322 g/mol. The highest BCUT2D eigenvalue weighted by molar-refractivity contribution is 6.17. The molecule has 0 aliphatic carbocycles. The molecule has 21 heavy (non-hydrogen) atoms. The summed E-state index contributed by atoms with van der Waals surface area (Å²) in [5.74, 6) is 1.17. The first-order chi connectivity index (χ1) is 9.80. The van der Waals surface area contributed by atoms with Crippen LogP contribution in [-0.4, -0.2) is 48.8 Å². The van der Waals surface area contributed by atoms with Crippen LogP contribution in [0.2, 0.25) is 0 Å². The van der Waals surface area contributed by atoms with E-state index in [-0.39, 0.29) is 0 Å². The first kappa shape index (κ1) is 16.4. The smallest absolute Gasteiger partial charge is 0.354 e. The Morgan fingerprint density at radius 1 is 1.19 bits per heavy atom. The van der Waals surface area contributed by atoms with Gasteiger partial charge in [0.15, 0.2) is 0 Å². The van der Waals surface area contributed by atoms with Crippen LogP contribution in [0.25, 0.3) is 0 Å². The fraction of sp³-hybridized carbons (Fsp3) is 0.643. The topological polar surface area (TPSA) is 19.4 Å². The van der Waals surface area contributed by atoms with Crippen LogP contribution in [0.3, 0.4) is 0 Å². The lowest BCUT2D eigenvalue weighted by Crippen LogP contribution is -2.49. The first-order valence-corrected chi connectivity index (χ1v) is 7.41. The molecule has 2 rings (SSSR count). The predicted octanol–water partition coefficient (Wildman–Crippen LogP) is 3.12. The van der Waals surface area contributed by atoms with Crippen molar-refractivity contribution >= 4 is 17.4 Å². The third-order valence-corrected chi connectivity index (χ3v) is 3.93. The molecule has 0 aromatic carbocycles. The van der Waals surface area contributed by atoms with Crippen molar-refractivity contribution in [3.63, 3.8) is 0 Å². The van der Waals surface area contributed by atoms with Gasteiger partial charge in [-0.25, -0.2) is 4.98 Å². The van der Waals surface area contributed by atoms with Crippen LogP contribution in [0.4, 0.5) is 19.0 Å². The summed E-state index contributed by atoms with van der Waals surface area (Å²) >= 11 is 6.00. The SMILES string of the molecule is Cc1cc(C)c(CCl)c(N2CCN(CC(F)(F)F)CC2)n1. The number of pyridine rings is 1. The van der Waals surface area contributed by atoms with Gasteiger partial charge >= 0.3 is 6.18 Å². The lowest BCUT2D eigenvalue weighted by Gasteiger charge is -2.36. The molecule has 0 atom stereocenters. The molecule has 1 aliphatic rings. The third-order valence-electron chi connectivity index (χ3n) is 3.66. The van der Waals surface area contributed by atoms with Gasteiger partial charge in [-0.3, -0.25) is 4.90 Å². The minimum atomic E-state index is -4.14. The minimum Gasteiger partial charge on any atom is -0.354 e. The van der Waals surface area contributed by atoms with Crippen LogP contribution < -0.4 is 4.90 Å². The van der Waals surface area contributed by atoms with E-state index in [1.807, 2.05) is 24.8 Å². The molecule has 7 heteroatoms. The molecule has 1 fully saturated rings. The second-order valence-corrected chi connectivity index (χ2v) is 5.66. The molecular formula is C14H19ClF3N3. The molecule has 0 radical (unpaired) electrons. The molecular weight excluding hydrogens is 303 g/mol. The number of anilines is 1. The Morgan fingerprint density at radius 3 is 2.33 bits per heavy atom. The number of piperazine rings is 1. The molecule has 118 valence electrons. The van der Waals surface area contributed by atoms with E-state index in [9.17, 15) is 13.2 Å². The fourth-order valence-electron chi connectivity index (χ4n) is 2.64. The maximum atomic E-state index is 12.4. The standard InChI is InChI=1S/C14H19ClF3N3/c1-10-7-11(2)19-13(12(10)8-15)21-5-3-20(4-6-21)9-14(16,17)18/h7H,3-6,8-9H2,1-2H3. The van der Waals surface area contributed by atoms with Crippen molar-refractivity contribution in [3.8, 4) is 0 Å². The molecule has 1 saturated heterocycles. The van der Waals surface area contributed by atoms with E-state index >= 15 is 0 Å². The number of nitrogens with zero attached hydrogens (tertiary/aromatic N) is 3. The Bertz CT molecular complexity index is 497. The molecule has 0 unspecified atom stereocenters. The summed E-state index contributed by atoms with van der Waals surface area (Å²) in [7, 11) is 0. The summed E-state index contributed by atoms with van der Waals surface area (Å²) in [6.07, 6.45) is -4.14. The van der Waals surface area contributed by atoms with E-state index in [1.54, 1.807) is 0 Å². The van der Waals surface area contributed by atoms with Gasteiger partial charge in [0.1, 0.15) is 5.82 Å². The fourth-order valence-corrected chi connectivity index (χ4v) is 2.97. The van der Waals surface area contributed by atoms with E-state index in [2.05, 4.69) is 4.98 Å². The van der Waals surface area contributed by atoms with Crippen molar-refractivity contribution in [2.45, 2.75) is 25.9 Å². The van der Waals surface area contributed by atoms with Crippen molar-refractivity contribution in [3.05, 3.63) is 22.9 Å². The Kier molecular flexibility index (Phi) is 4.99. The van der Waals surface area contributed by atoms with Gasteiger partial charge in [0.05, 0.1) is 12.4 Å². The Labute approximate surface area is 127 Å². The lowest BCUT2D eigenvalue weighted by atomic mass is 10.1. The van der Waals surface area contributed by atoms with Crippen molar-refractivity contribution in [1.29, 1.82) is 0 Å². The summed E-state index contributed by atoms with van der Waals surface area (Å²) in [6, 6.07) is 1.97. The van der Waals surface area contributed by atoms with E-state index in [0.29, 0.717) is 32.1 Å². The summed E-state index contributed by atoms with van der Waals surface area (Å²) in [6.45, 7) is 4.89. The van der Waals surface area contributed by atoms with Crippen LogP contribution in [-0.2, 0) is 5.88 Å². The summed E-state index contributed by atoms with van der Waals surface area (Å²) in [5, 5.41) is 0. The van der Waals surface area contributed by atoms with Gasteiger partial charge in [-0.05, 0) is 25.5 Å². The molecule has 0 bridgehead atoms. The molecule has 1 aliphatic heterocycles. The molecule has 1 aromatic rings. The highest BCUT2D eigenvalue weighted by atomic mass is 35.5. The number of hydrogen-bond donors (Lipinski definition) is 0. The normalized spacial score (nSPS) is 17.3. The van der Waals surface area contributed by atoms with Crippen LogP contribution in [0.15, 0.2) is 6.07 Å². The van der Waals surface area contributed by atoms with Gasteiger partial charge in [0, 0.05) is 37.4 Å². The maximum absolute atomic E-state index is 12.4. The van der Waals surface area contributed by atoms with Crippen molar-refractivity contribution in [2.75, 3.05) is 37.6 Å². The second kappa shape index (κ2) is 6.40. The van der Waals surface area contributed by atoms with Gasteiger partial charge < -0.3 is 4.90 Å². The Hall–Kier alpha value is -1.01. The van der Waals surface area contributed by atoms with Crippen molar-refractivity contribution < 1.29 is 13.2 Å². The predicted molar refractivity (Wildman–Crippen MR) is 78.0 cm³/mol. The highest BCUT2D eigenvalue weighted by Crippen LogP contribution is 2.26. The average Bonchev–Trinajstić information content (AvgIpc) is 2.37. The summed E-state index contributed by atoms with van der Waals surface area (Å²) < 4.78 is 37.2. The van der Waals surface area contributed by atoms with Crippen LogP contribution in [0, 0.1) is 13.8 Å². The van der Waals surface area contributed by atoms with Gasteiger partial charge in [-0.1, -0.05) is 0 Å². The van der Waals surface area contributed by atoms with Gasteiger partial charge in [0.25, 0.3) is 0 Å². The van der Waals surface area contributed by atoms with Crippen LogP contribution in [0.5, 0.6) is 0 Å². The van der Waals surface area contributed by atoms with Crippen molar-refractivity contribution in [2.24, 2.45) is 0 Å². The molecule has 1 aromatic heterocycles. The maximum Gasteiger partial charge on any atom is 0.401 e. The van der Waals surface area contributed by atoms with Gasteiger partial charge in [-0.15, -0.1) is 11.6 Å². The zero-order valence-electron chi connectivity index (χ0n) is 12.2. The quantitative estimate of drug-likeness (QED) is 0.797. The summed E-state index contributed by atoms with van der Waals surface area (Å²) in [5.41, 5.74) is 2.94. The van der Waals surface area contributed by atoms with E-state index in [0.717, 1.165) is 22.6 Å². The number of rotatable bonds is 3. The molecule has 3 nitrogen and oxygen atoms in total. The molecule has 0 N–H and O–H groups in total. The minimum absolute atomic E-state index is 0.358. The Balaban J connectivity index is 2.09. The second-order valence-electron chi connectivity index (χ2n) is 5.39.